The van der Waals surface area contributed by atoms with Gasteiger partial charge in [0.1, 0.15) is 0 Å². The molecule has 3 nitrogen and oxygen atoms in total. The number of hydrogen-bond acceptors (Lipinski definition) is 2. The van der Waals surface area contributed by atoms with Gasteiger partial charge in [0.2, 0.25) is 0 Å². The Morgan fingerprint density at radius 3 is 3.00 bits per heavy atom. The number of aliphatic hydroxyl groups excluding tert-OH is 1. The molecule has 0 fully saturated rings. The van der Waals surface area contributed by atoms with Gasteiger partial charge in [-0.2, -0.15) is 5.10 Å². The van der Waals surface area contributed by atoms with Crippen molar-refractivity contribution >= 4 is 22.6 Å². The third-order valence-corrected chi connectivity index (χ3v) is 1.61. The van der Waals surface area contributed by atoms with Crippen molar-refractivity contribution in [2.45, 2.75) is 19.6 Å². The second-order valence-corrected chi connectivity index (χ2v) is 3.48. The Morgan fingerprint density at radius 2 is 2.60 bits per heavy atom. The van der Waals surface area contributed by atoms with E-state index in [9.17, 15) is 0 Å². The van der Waals surface area contributed by atoms with Gasteiger partial charge in [0.25, 0.3) is 0 Å². The molecule has 0 saturated heterocycles. The fraction of sp³-hybridized carbons (Fsp3) is 0.500. The first-order valence-electron chi connectivity index (χ1n) is 3.04. The van der Waals surface area contributed by atoms with E-state index < -0.39 is 0 Å². The lowest BCUT2D eigenvalue weighted by molar-refractivity contribution is 0.168. The molecule has 0 amide bonds. The summed E-state index contributed by atoms with van der Waals surface area (Å²) in [5.74, 6) is 0. The maximum Gasteiger partial charge on any atom is 0.0708 e. The monoisotopic (exact) mass is 252 g/mol. The van der Waals surface area contributed by atoms with Crippen LogP contribution >= 0.6 is 22.6 Å². The zero-order valence-electron chi connectivity index (χ0n) is 5.66. The van der Waals surface area contributed by atoms with Gasteiger partial charge in [0.15, 0.2) is 0 Å². The highest BCUT2D eigenvalue weighted by atomic mass is 127. The maximum absolute atomic E-state index is 8.95. The first-order valence-corrected chi connectivity index (χ1v) is 4.12. The van der Waals surface area contributed by atoms with Crippen molar-refractivity contribution in [3.05, 3.63) is 16.0 Å². The molecule has 4 heteroatoms. The van der Waals surface area contributed by atoms with Gasteiger partial charge < -0.3 is 5.11 Å². The lowest BCUT2D eigenvalue weighted by Crippen LogP contribution is -2.11. The maximum atomic E-state index is 8.95. The molecule has 0 saturated carbocycles. The van der Waals surface area contributed by atoms with Crippen molar-refractivity contribution in [2.24, 2.45) is 0 Å². The fourth-order valence-corrected chi connectivity index (χ4v) is 1.15. The molecule has 0 aliphatic carbocycles. The minimum absolute atomic E-state index is 0.323. The fourth-order valence-electron chi connectivity index (χ4n) is 0.709. The Labute approximate surface area is 73.2 Å². The molecule has 1 aromatic rings. The van der Waals surface area contributed by atoms with Crippen LogP contribution in [0.25, 0.3) is 0 Å². The summed E-state index contributed by atoms with van der Waals surface area (Å²) in [5, 5.41) is 13.0. The lowest BCUT2D eigenvalue weighted by atomic mass is 10.4. The average Bonchev–Trinajstić information content (AvgIpc) is 2.13. The summed E-state index contributed by atoms with van der Waals surface area (Å²) in [6, 6.07) is 0. The predicted molar refractivity (Wildman–Crippen MR) is 46.6 cm³/mol. The number of aliphatic hydroxyl groups is 1. The Balaban J connectivity index is 2.58. The van der Waals surface area contributed by atoms with Crippen LogP contribution in [0.15, 0.2) is 12.4 Å². The highest BCUT2D eigenvalue weighted by Gasteiger charge is 1.98. The largest absolute Gasteiger partial charge is 0.391 e. The minimum Gasteiger partial charge on any atom is -0.391 e. The van der Waals surface area contributed by atoms with Gasteiger partial charge in [-0.1, -0.05) is 0 Å². The molecule has 0 spiro atoms. The Kier molecular flexibility index (Phi) is 2.67. The predicted octanol–water partition coefficient (Wildman–Crippen LogP) is 0.869. The van der Waals surface area contributed by atoms with Crippen LogP contribution in [0.3, 0.4) is 0 Å². The van der Waals surface area contributed by atoms with Crippen LogP contribution in [0.2, 0.25) is 0 Å². The summed E-state index contributed by atoms with van der Waals surface area (Å²) >= 11 is 2.18. The summed E-state index contributed by atoms with van der Waals surface area (Å²) in [7, 11) is 0. The molecule has 0 aromatic carbocycles. The highest BCUT2D eigenvalue weighted by molar-refractivity contribution is 14.1. The van der Waals surface area contributed by atoms with Crippen molar-refractivity contribution in [3.8, 4) is 0 Å². The summed E-state index contributed by atoms with van der Waals surface area (Å²) in [6.07, 6.45) is 3.34. The van der Waals surface area contributed by atoms with E-state index in [1.165, 1.54) is 0 Å². The van der Waals surface area contributed by atoms with E-state index in [0.717, 1.165) is 3.57 Å². The van der Waals surface area contributed by atoms with Gasteiger partial charge in [-0.05, 0) is 29.5 Å². The van der Waals surface area contributed by atoms with Crippen molar-refractivity contribution in [3.63, 3.8) is 0 Å². The molecule has 56 valence electrons. The SMILES string of the molecule is CC(O)Cn1cc(I)cn1. The van der Waals surface area contributed by atoms with Gasteiger partial charge in [0, 0.05) is 6.20 Å². The van der Waals surface area contributed by atoms with Crippen LogP contribution in [0.1, 0.15) is 6.92 Å². The van der Waals surface area contributed by atoms with E-state index in [1.807, 2.05) is 6.20 Å². The normalized spacial score (nSPS) is 13.5. The van der Waals surface area contributed by atoms with Gasteiger partial charge in [-0.3, -0.25) is 4.68 Å². The third-order valence-electron chi connectivity index (χ3n) is 1.05. The van der Waals surface area contributed by atoms with Crippen LogP contribution in [-0.4, -0.2) is 21.0 Å². The molecule has 10 heavy (non-hydrogen) atoms. The van der Waals surface area contributed by atoms with E-state index in [2.05, 4.69) is 27.7 Å². The standard InChI is InChI=1S/C6H9IN2O/c1-5(10)3-9-4-6(7)2-8-9/h2,4-5,10H,3H2,1H3. The Bertz CT molecular complexity index is 209. The van der Waals surface area contributed by atoms with Crippen LogP contribution in [-0.2, 0) is 6.54 Å². The molecule has 0 radical (unpaired) electrons. The quantitative estimate of drug-likeness (QED) is 0.793. The van der Waals surface area contributed by atoms with E-state index in [1.54, 1.807) is 17.8 Å². The molecular weight excluding hydrogens is 243 g/mol. The highest BCUT2D eigenvalue weighted by Crippen LogP contribution is 2.01. The topological polar surface area (TPSA) is 38.0 Å². The van der Waals surface area contributed by atoms with Crippen LogP contribution in [0.4, 0.5) is 0 Å². The summed E-state index contributed by atoms with van der Waals surface area (Å²) in [5.41, 5.74) is 0. The molecule has 0 aliphatic heterocycles. The number of rotatable bonds is 2. The number of halogens is 1. The smallest absolute Gasteiger partial charge is 0.0708 e. The Morgan fingerprint density at radius 1 is 1.90 bits per heavy atom. The van der Waals surface area contributed by atoms with Gasteiger partial charge in [-0.15, -0.1) is 0 Å². The molecular formula is C6H9IN2O. The van der Waals surface area contributed by atoms with Crippen LogP contribution in [0, 0.1) is 3.57 Å². The second-order valence-electron chi connectivity index (χ2n) is 2.23. The summed E-state index contributed by atoms with van der Waals surface area (Å²) < 4.78 is 2.82. The summed E-state index contributed by atoms with van der Waals surface area (Å²) in [6.45, 7) is 2.32. The zero-order chi connectivity index (χ0) is 7.56. The van der Waals surface area contributed by atoms with Gasteiger partial charge >= 0.3 is 0 Å². The Hall–Kier alpha value is -0.100. The van der Waals surface area contributed by atoms with Crippen LogP contribution in [0.5, 0.6) is 0 Å². The molecule has 1 aromatic heterocycles. The first kappa shape index (κ1) is 8.00. The summed E-state index contributed by atoms with van der Waals surface area (Å²) in [4.78, 5) is 0. The molecule has 1 unspecified atom stereocenters. The molecule has 0 aliphatic rings. The second kappa shape index (κ2) is 3.34. The number of aromatic nitrogens is 2. The molecule has 1 rings (SSSR count). The van der Waals surface area contributed by atoms with Crippen LogP contribution < -0.4 is 0 Å². The van der Waals surface area contributed by atoms with Gasteiger partial charge in [-0.25, -0.2) is 0 Å². The van der Waals surface area contributed by atoms with Crippen molar-refractivity contribution in [2.75, 3.05) is 0 Å². The number of hydrogen-bond donors (Lipinski definition) is 1. The van der Waals surface area contributed by atoms with E-state index >= 15 is 0 Å². The first-order chi connectivity index (χ1) is 4.68. The molecule has 1 heterocycles. The van der Waals surface area contributed by atoms with E-state index in [0.29, 0.717) is 6.54 Å². The molecule has 1 atom stereocenters. The van der Waals surface area contributed by atoms with Gasteiger partial charge in [0.05, 0.1) is 22.4 Å². The van der Waals surface area contributed by atoms with Crippen molar-refractivity contribution in [1.82, 2.24) is 9.78 Å². The lowest BCUT2D eigenvalue weighted by Gasteiger charge is -2.01. The zero-order valence-corrected chi connectivity index (χ0v) is 7.82. The minimum atomic E-state index is -0.323. The van der Waals surface area contributed by atoms with E-state index in [-0.39, 0.29) is 6.10 Å². The van der Waals surface area contributed by atoms with E-state index in [4.69, 9.17) is 5.11 Å². The van der Waals surface area contributed by atoms with Crippen molar-refractivity contribution < 1.29 is 5.11 Å². The molecule has 0 bridgehead atoms. The molecule has 1 N–H and O–H groups in total. The third kappa shape index (κ3) is 2.26. The van der Waals surface area contributed by atoms with Crippen molar-refractivity contribution in [1.29, 1.82) is 0 Å². The average molecular weight is 252 g/mol. The number of nitrogens with zero attached hydrogens (tertiary/aromatic N) is 2.